The molecule has 0 aromatic rings. The molecule has 0 aliphatic heterocycles. The van der Waals surface area contributed by atoms with Crippen LogP contribution in [0.5, 0.6) is 0 Å². The highest BCUT2D eigenvalue weighted by Gasteiger charge is 2.36. The third-order valence-corrected chi connectivity index (χ3v) is 3.54. The summed E-state index contributed by atoms with van der Waals surface area (Å²) in [6, 6.07) is 0. The standard InChI is InChI=1S/C12H24N2O2/c1-4-14(5-2)11(15)9-13-10-12(16-3)7-6-8-12/h13H,4-10H2,1-3H3. The third kappa shape index (κ3) is 3.19. The first-order valence-corrected chi connectivity index (χ1v) is 6.21. The molecule has 0 aromatic carbocycles. The number of carbonyl (C=O) groups excluding carboxylic acids is 1. The van der Waals surface area contributed by atoms with Crippen molar-refractivity contribution in [2.45, 2.75) is 38.7 Å². The predicted octanol–water partition coefficient (Wildman–Crippen LogP) is 1.01. The summed E-state index contributed by atoms with van der Waals surface area (Å²) >= 11 is 0. The highest BCUT2D eigenvalue weighted by atomic mass is 16.5. The fraction of sp³-hybridized carbons (Fsp3) is 0.917. The smallest absolute Gasteiger partial charge is 0.236 e. The molecule has 0 radical (unpaired) electrons. The van der Waals surface area contributed by atoms with E-state index in [1.807, 2.05) is 18.7 Å². The van der Waals surface area contributed by atoms with Crippen LogP contribution in [-0.4, -0.2) is 49.7 Å². The quantitative estimate of drug-likeness (QED) is 0.707. The number of methoxy groups -OCH3 is 1. The second-order valence-electron chi connectivity index (χ2n) is 4.41. The molecule has 0 atom stereocenters. The highest BCUT2D eigenvalue weighted by molar-refractivity contribution is 5.78. The summed E-state index contributed by atoms with van der Waals surface area (Å²) in [6.45, 7) is 6.79. The minimum atomic E-state index is 0.00351. The summed E-state index contributed by atoms with van der Waals surface area (Å²) in [5.41, 5.74) is 0.00351. The maximum absolute atomic E-state index is 11.7. The van der Waals surface area contributed by atoms with Gasteiger partial charge in [-0.05, 0) is 33.1 Å². The topological polar surface area (TPSA) is 41.6 Å². The van der Waals surface area contributed by atoms with Crippen molar-refractivity contribution in [1.29, 1.82) is 0 Å². The van der Waals surface area contributed by atoms with Crippen LogP contribution in [-0.2, 0) is 9.53 Å². The van der Waals surface area contributed by atoms with Gasteiger partial charge in [-0.3, -0.25) is 4.79 Å². The zero-order valence-electron chi connectivity index (χ0n) is 10.7. The monoisotopic (exact) mass is 228 g/mol. The van der Waals surface area contributed by atoms with Crippen molar-refractivity contribution < 1.29 is 9.53 Å². The molecule has 1 saturated carbocycles. The van der Waals surface area contributed by atoms with Gasteiger partial charge >= 0.3 is 0 Å². The summed E-state index contributed by atoms with van der Waals surface area (Å²) < 4.78 is 5.48. The number of hydrogen-bond acceptors (Lipinski definition) is 3. The molecule has 1 aliphatic carbocycles. The maximum atomic E-state index is 11.7. The Morgan fingerprint density at radius 1 is 1.38 bits per heavy atom. The lowest BCUT2D eigenvalue weighted by atomic mass is 9.80. The second kappa shape index (κ2) is 6.21. The van der Waals surface area contributed by atoms with Gasteiger partial charge in [0.25, 0.3) is 0 Å². The third-order valence-electron chi connectivity index (χ3n) is 3.54. The Hall–Kier alpha value is -0.610. The Kier molecular flexibility index (Phi) is 5.22. The van der Waals surface area contributed by atoms with Crippen LogP contribution >= 0.6 is 0 Å². The molecular formula is C12H24N2O2. The van der Waals surface area contributed by atoms with Crippen molar-refractivity contribution in [2.24, 2.45) is 0 Å². The maximum Gasteiger partial charge on any atom is 0.236 e. The van der Waals surface area contributed by atoms with Crippen molar-refractivity contribution in [3.63, 3.8) is 0 Å². The molecular weight excluding hydrogens is 204 g/mol. The van der Waals surface area contributed by atoms with Crippen LogP contribution in [0.25, 0.3) is 0 Å². The summed E-state index contributed by atoms with van der Waals surface area (Å²) in [4.78, 5) is 13.5. The van der Waals surface area contributed by atoms with E-state index >= 15 is 0 Å². The van der Waals surface area contributed by atoms with Gasteiger partial charge in [-0.15, -0.1) is 0 Å². The van der Waals surface area contributed by atoms with Crippen LogP contribution in [0.3, 0.4) is 0 Å². The van der Waals surface area contributed by atoms with Crippen LogP contribution in [0, 0.1) is 0 Å². The lowest BCUT2D eigenvalue weighted by molar-refractivity contribution is -0.130. The molecule has 1 fully saturated rings. The van der Waals surface area contributed by atoms with E-state index in [0.717, 1.165) is 32.5 Å². The molecule has 0 bridgehead atoms. The van der Waals surface area contributed by atoms with Crippen molar-refractivity contribution >= 4 is 5.91 Å². The van der Waals surface area contributed by atoms with Crippen LogP contribution in [0.15, 0.2) is 0 Å². The lowest BCUT2D eigenvalue weighted by Gasteiger charge is -2.40. The molecule has 0 spiro atoms. The van der Waals surface area contributed by atoms with E-state index in [-0.39, 0.29) is 11.5 Å². The molecule has 4 heteroatoms. The van der Waals surface area contributed by atoms with E-state index in [1.165, 1.54) is 6.42 Å². The first-order chi connectivity index (χ1) is 7.67. The van der Waals surface area contributed by atoms with E-state index in [2.05, 4.69) is 5.32 Å². The molecule has 1 rings (SSSR count). The average molecular weight is 228 g/mol. The van der Waals surface area contributed by atoms with E-state index in [1.54, 1.807) is 7.11 Å². The second-order valence-corrected chi connectivity index (χ2v) is 4.41. The number of nitrogens with zero attached hydrogens (tertiary/aromatic N) is 1. The molecule has 4 nitrogen and oxygen atoms in total. The predicted molar refractivity (Wildman–Crippen MR) is 64.4 cm³/mol. The Morgan fingerprint density at radius 2 is 2.00 bits per heavy atom. The average Bonchev–Trinajstić information content (AvgIpc) is 2.24. The fourth-order valence-electron chi connectivity index (χ4n) is 2.11. The van der Waals surface area contributed by atoms with E-state index in [0.29, 0.717) is 6.54 Å². The van der Waals surface area contributed by atoms with E-state index in [9.17, 15) is 4.79 Å². The number of carbonyl (C=O) groups is 1. The minimum Gasteiger partial charge on any atom is -0.377 e. The van der Waals surface area contributed by atoms with Crippen molar-refractivity contribution in [3.8, 4) is 0 Å². The van der Waals surface area contributed by atoms with Gasteiger partial charge in [-0.25, -0.2) is 0 Å². The number of amides is 1. The molecule has 94 valence electrons. The van der Waals surface area contributed by atoms with Crippen molar-refractivity contribution in [3.05, 3.63) is 0 Å². The lowest BCUT2D eigenvalue weighted by Crippen LogP contribution is -2.50. The zero-order chi connectivity index (χ0) is 12.0. The Morgan fingerprint density at radius 3 is 2.38 bits per heavy atom. The van der Waals surface area contributed by atoms with Crippen LogP contribution in [0.2, 0.25) is 0 Å². The van der Waals surface area contributed by atoms with Gasteiger partial charge in [0, 0.05) is 26.7 Å². The number of hydrogen-bond donors (Lipinski definition) is 1. The van der Waals surface area contributed by atoms with Gasteiger partial charge in [0.1, 0.15) is 0 Å². The molecule has 0 aromatic heterocycles. The van der Waals surface area contributed by atoms with Gasteiger partial charge in [0.15, 0.2) is 0 Å². The number of rotatable bonds is 7. The Labute approximate surface area is 98.3 Å². The molecule has 1 aliphatic rings. The van der Waals surface area contributed by atoms with Gasteiger partial charge < -0.3 is 15.0 Å². The highest BCUT2D eigenvalue weighted by Crippen LogP contribution is 2.34. The summed E-state index contributed by atoms with van der Waals surface area (Å²) in [7, 11) is 1.76. The SMILES string of the molecule is CCN(CC)C(=O)CNCC1(OC)CCC1. The van der Waals surface area contributed by atoms with E-state index in [4.69, 9.17) is 4.74 Å². The molecule has 16 heavy (non-hydrogen) atoms. The number of ether oxygens (including phenoxy) is 1. The summed E-state index contributed by atoms with van der Waals surface area (Å²) in [5, 5.41) is 3.21. The van der Waals surface area contributed by atoms with Crippen LogP contribution in [0.1, 0.15) is 33.1 Å². The first kappa shape index (κ1) is 13.5. The molecule has 1 amide bonds. The van der Waals surface area contributed by atoms with Crippen molar-refractivity contribution in [1.82, 2.24) is 10.2 Å². The Bertz CT molecular complexity index is 218. The fourth-order valence-corrected chi connectivity index (χ4v) is 2.11. The van der Waals surface area contributed by atoms with Crippen LogP contribution < -0.4 is 5.32 Å². The first-order valence-electron chi connectivity index (χ1n) is 6.21. The van der Waals surface area contributed by atoms with E-state index < -0.39 is 0 Å². The number of likely N-dealkylation sites (N-methyl/N-ethyl adjacent to an activating group) is 1. The summed E-state index contributed by atoms with van der Waals surface area (Å²) in [6.07, 6.45) is 3.45. The van der Waals surface area contributed by atoms with Gasteiger partial charge in [-0.2, -0.15) is 0 Å². The molecule has 0 heterocycles. The van der Waals surface area contributed by atoms with Crippen LogP contribution in [0.4, 0.5) is 0 Å². The normalized spacial score (nSPS) is 17.9. The van der Waals surface area contributed by atoms with Gasteiger partial charge in [0.05, 0.1) is 12.1 Å². The molecule has 0 unspecified atom stereocenters. The Balaban J connectivity index is 2.21. The minimum absolute atomic E-state index is 0.00351. The van der Waals surface area contributed by atoms with Crippen molar-refractivity contribution in [2.75, 3.05) is 33.3 Å². The zero-order valence-corrected chi connectivity index (χ0v) is 10.7. The van der Waals surface area contributed by atoms with Gasteiger partial charge in [-0.1, -0.05) is 0 Å². The summed E-state index contributed by atoms with van der Waals surface area (Å²) in [5.74, 6) is 0.176. The largest absolute Gasteiger partial charge is 0.377 e. The van der Waals surface area contributed by atoms with Gasteiger partial charge in [0.2, 0.25) is 5.91 Å². The number of nitrogens with one attached hydrogen (secondary N) is 1. The molecule has 1 N–H and O–H groups in total. The molecule has 0 saturated heterocycles.